The SMILES string of the molecule is CCCCCCCCOC(=O)CCCC(=O)OCCOCC. The van der Waals surface area contributed by atoms with E-state index in [1.54, 1.807) is 0 Å². The second-order valence-electron chi connectivity index (χ2n) is 5.26. The lowest BCUT2D eigenvalue weighted by molar-refractivity contribution is -0.146. The summed E-state index contributed by atoms with van der Waals surface area (Å²) in [5.41, 5.74) is 0. The summed E-state index contributed by atoms with van der Waals surface area (Å²) in [5, 5.41) is 0. The molecular formula is C17H32O5. The van der Waals surface area contributed by atoms with Crippen molar-refractivity contribution in [1.29, 1.82) is 0 Å². The summed E-state index contributed by atoms with van der Waals surface area (Å²) in [6.45, 7) is 5.87. The summed E-state index contributed by atoms with van der Waals surface area (Å²) in [6, 6.07) is 0. The van der Waals surface area contributed by atoms with Crippen molar-refractivity contribution in [1.82, 2.24) is 0 Å². The molecule has 0 fully saturated rings. The first kappa shape index (κ1) is 20.9. The number of rotatable bonds is 15. The first-order valence-corrected chi connectivity index (χ1v) is 8.59. The highest BCUT2D eigenvalue weighted by Gasteiger charge is 2.07. The van der Waals surface area contributed by atoms with Gasteiger partial charge < -0.3 is 14.2 Å². The van der Waals surface area contributed by atoms with Gasteiger partial charge >= 0.3 is 11.9 Å². The van der Waals surface area contributed by atoms with Gasteiger partial charge in [0.2, 0.25) is 0 Å². The number of esters is 2. The largest absolute Gasteiger partial charge is 0.466 e. The third-order valence-corrected chi connectivity index (χ3v) is 3.22. The molecule has 0 rings (SSSR count). The third-order valence-electron chi connectivity index (χ3n) is 3.22. The Morgan fingerprint density at radius 2 is 1.27 bits per heavy atom. The van der Waals surface area contributed by atoms with Gasteiger partial charge in [-0.25, -0.2) is 0 Å². The standard InChI is InChI=1S/C17H32O5/c1-3-5-6-7-8-9-13-21-16(18)11-10-12-17(19)22-15-14-20-4-2/h3-15H2,1-2H3. The fourth-order valence-corrected chi connectivity index (χ4v) is 1.95. The molecule has 0 aromatic carbocycles. The number of carbonyl (C=O) groups is 2. The van der Waals surface area contributed by atoms with Crippen LogP contribution in [0.1, 0.15) is 71.6 Å². The predicted octanol–water partition coefficient (Wildman–Crippen LogP) is 3.64. The van der Waals surface area contributed by atoms with Crippen molar-refractivity contribution in [2.75, 3.05) is 26.4 Å². The van der Waals surface area contributed by atoms with Crippen molar-refractivity contribution >= 4 is 11.9 Å². The molecule has 0 N–H and O–H groups in total. The van der Waals surface area contributed by atoms with Crippen molar-refractivity contribution in [3.8, 4) is 0 Å². The van der Waals surface area contributed by atoms with Crippen LogP contribution in [0.25, 0.3) is 0 Å². The Bertz CT molecular complexity index is 278. The van der Waals surface area contributed by atoms with E-state index < -0.39 is 0 Å². The summed E-state index contributed by atoms with van der Waals surface area (Å²) >= 11 is 0. The molecule has 0 saturated carbocycles. The van der Waals surface area contributed by atoms with E-state index in [-0.39, 0.29) is 31.4 Å². The lowest BCUT2D eigenvalue weighted by Crippen LogP contribution is -2.11. The van der Waals surface area contributed by atoms with Crippen LogP contribution in [0.2, 0.25) is 0 Å². The van der Waals surface area contributed by atoms with Gasteiger partial charge in [-0.2, -0.15) is 0 Å². The van der Waals surface area contributed by atoms with E-state index >= 15 is 0 Å². The highest BCUT2D eigenvalue weighted by Crippen LogP contribution is 2.06. The van der Waals surface area contributed by atoms with Gasteiger partial charge in [0.1, 0.15) is 6.61 Å². The normalized spacial score (nSPS) is 10.5. The molecule has 0 saturated heterocycles. The fourth-order valence-electron chi connectivity index (χ4n) is 1.95. The van der Waals surface area contributed by atoms with E-state index in [0.717, 1.165) is 12.8 Å². The van der Waals surface area contributed by atoms with Crippen LogP contribution in [0, 0.1) is 0 Å². The molecule has 0 aliphatic rings. The lowest BCUT2D eigenvalue weighted by Gasteiger charge is -2.06. The molecule has 0 radical (unpaired) electrons. The van der Waals surface area contributed by atoms with Crippen LogP contribution in [0.5, 0.6) is 0 Å². The van der Waals surface area contributed by atoms with E-state index in [9.17, 15) is 9.59 Å². The van der Waals surface area contributed by atoms with Crippen molar-refractivity contribution in [2.45, 2.75) is 71.6 Å². The first-order valence-electron chi connectivity index (χ1n) is 8.59. The van der Waals surface area contributed by atoms with Crippen molar-refractivity contribution in [3.05, 3.63) is 0 Å². The zero-order valence-electron chi connectivity index (χ0n) is 14.2. The van der Waals surface area contributed by atoms with Gasteiger partial charge in [-0.1, -0.05) is 39.0 Å². The summed E-state index contributed by atoms with van der Waals surface area (Å²) in [7, 11) is 0. The molecule has 0 unspecified atom stereocenters. The molecule has 0 aliphatic carbocycles. The molecular weight excluding hydrogens is 284 g/mol. The first-order chi connectivity index (χ1) is 10.7. The van der Waals surface area contributed by atoms with Crippen LogP contribution in [-0.4, -0.2) is 38.4 Å². The maximum atomic E-state index is 11.5. The monoisotopic (exact) mass is 316 g/mol. The molecule has 0 heterocycles. The van der Waals surface area contributed by atoms with E-state index in [1.165, 1.54) is 25.7 Å². The molecule has 0 atom stereocenters. The van der Waals surface area contributed by atoms with E-state index in [2.05, 4.69) is 6.92 Å². The average Bonchev–Trinajstić information content (AvgIpc) is 2.51. The minimum absolute atomic E-state index is 0.226. The maximum Gasteiger partial charge on any atom is 0.305 e. The Balaban J connectivity index is 3.33. The molecule has 22 heavy (non-hydrogen) atoms. The number of unbranched alkanes of at least 4 members (excludes halogenated alkanes) is 5. The van der Waals surface area contributed by atoms with Crippen LogP contribution in [0.15, 0.2) is 0 Å². The van der Waals surface area contributed by atoms with Crippen molar-refractivity contribution < 1.29 is 23.8 Å². The zero-order chi connectivity index (χ0) is 16.5. The van der Waals surface area contributed by atoms with Gasteiger partial charge in [-0.15, -0.1) is 0 Å². The topological polar surface area (TPSA) is 61.8 Å². The Morgan fingerprint density at radius 1 is 0.682 bits per heavy atom. The average molecular weight is 316 g/mol. The summed E-state index contributed by atoms with van der Waals surface area (Å²) in [4.78, 5) is 22.8. The van der Waals surface area contributed by atoms with Crippen LogP contribution in [0.4, 0.5) is 0 Å². The van der Waals surface area contributed by atoms with Gasteiger partial charge in [0.15, 0.2) is 0 Å². The lowest BCUT2D eigenvalue weighted by atomic mass is 10.1. The smallest absolute Gasteiger partial charge is 0.305 e. The molecule has 0 bridgehead atoms. The molecule has 0 aliphatic heterocycles. The fraction of sp³-hybridized carbons (Fsp3) is 0.882. The number of carbonyl (C=O) groups excluding carboxylic acids is 2. The van der Waals surface area contributed by atoms with Crippen molar-refractivity contribution in [2.24, 2.45) is 0 Å². The Hall–Kier alpha value is -1.10. The van der Waals surface area contributed by atoms with Crippen LogP contribution in [-0.2, 0) is 23.8 Å². The summed E-state index contributed by atoms with van der Waals surface area (Å²) in [5.74, 6) is -0.515. The van der Waals surface area contributed by atoms with Crippen LogP contribution in [0.3, 0.4) is 0 Å². The molecule has 0 amide bonds. The summed E-state index contributed by atoms with van der Waals surface area (Å²) < 4.78 is 15.1. The number of hydrogen-bond donors (Lipinski definition) is 0. The van der Waals surface area contributed by atoms with Crippen LogP contribution >= 0.6 is 0 Å². The van der Waals surface area contributed by atoms with Gasteiger partial charge in [0.25, 0.3) is 0 Å². The van der Waals surface area contributed by atoms with Crippen molar-refractivity contribution in [3.63, 3.8) is 0 Å². The van der Waals surface area contributed by atoms with Gasteiger partial charge in [-0.05, 0) is 19.8 Å². The molecule has 0 spiro atoms. The van der Waals surface area contributed by atoms with E-state index in [1.807, 2.05) is 6.92 Å². The maximum absolute atomic E-state index is 11.5. The molecule has 5 heteroatoms. The van der Waals surface area contributed by atoms with Gasteiger partial charge in [0, 0.05) is 19.4 Å². The number of hydrogen-bond acceptors (Lipinski definition) is 5. The second-order valence-corrected chi connectivity index (χ2v) is 5.26. The summed E-state index contributed by atoms with van der Waals surface area (Å²) in [6.07, 6.45) is 8.02. The second kappa shape index (κ2) is 16.3. The minimum atomic E-state index is -0.288. The molecule has 130 valence electrons. The molecule has 0 aromatic rings. The Morgan fingerprint density at radius 3 is 1.91 bits per heavy atom. The van der Waals surface area contributed by atoms with Gasteiger partial charge in [-0.3, -0.25) is 9.59 Å². The van der Waals surface area contributed by atoms with Gasteiger partial charge in [0.05, 0.1) is 13.2 Å². The quantitative estimate of drug-likeness (QED) is 0.341. The minimum Gasteiger partial charge on any atom is -0.466 e. The molecule has 0 aromatic heterocycles. The Kier molecular flexibility index (Phi) is 15.5. The highest BCUT2D eigenvalue weighted by molar-refractivity contribution is 5.72. The highest BCUT2D eigenvalue weighted by atomic mass is 16.6. The molecule has 5 nitrogen and oxygen atoms in total. The van der Waals surface area contributed by atoms with E-state index in [0.29, 0.717) is 26.2 Å². The third kappa shape index (κ3) is 15.3. The Labute approximate surface area is 134 Å². The zero-order valence-corrected chi connectivity index (χ0v) is 14.2. The van der Waals surface area contributed by atoms with E-state index in [4.69, 9.17) is 14.2 Å². The number of ether oxygens (including phenoxy) is 3. The van der Waals surface area contributed by atoms with Crippen LogP contribution < -0.4 is 0 Å². The predicted molar refractivity (Wildman–Crippen MR) is 85.6 cm³/mol.